The molecule has 0 aromatic heterocycles. The van der Waals surface area contributed by atoms with Crippen LogP contribution in [0.4, 0.5) is 0 Å². The summed E-state index contributed by atoms with van der Waals surface area (Å²) in [6.45, 7) is 0. The quantitative estimate of drug-likeness (QED) is 0.540. The first kappa shape index (κ1) is 21.3. The van der Waals surface area contributed by atoms with E-state index >= 15 is 0 Å². The predicted molar refractivity (Wildman–Crippen MR) is 111 cm³/mol. The minimum absolute atomic E-state index is 0.386. The van der Waals surface area contributed by atoms with Crippen LogP contribution in [-0.4, -0.2) is 44.3 Å². The predicted octanol–water partition coefficient (Wildman–Crippen LogP) is 2.66. The van der Waals surface area contributed by atoms with Crippen molar-refractivity contribution in [3.63, 3.8) is 0 Å². The van der Waals surface area contributed by atoms with Crippen molar-refractivity contribution in [2.75, 3.05) is 0 Å². The van der Waals surface area contributed by atoms with Crippen LogP contribution in [0.2, 0.25) is 0 Å². The smallest absolute Gasteiger partial charge is 0.308 e. The van der Waals surface area contributed by atoms with Gasteiger partial charge in [0.2, 0.25) is 0 Å². The molecule has 3 aliphatic rings. The average molecular weight is 436 g/mol. The molecule has 4 N–H and O–H groups in total. The molecular formula is C24H20O8. The molecule has 0 radical (unpaired) electrons. The van der Waals surface area contributed by atoms with E-state index in [4.69, 9.17) is 0 Å². The summed E-state index contributed by atoms with van der Waals surface area (Å²) in [5, 5.41) is 40.0. The van der Waals surface area contributed by atoms with Crippen molar-refractivity contribution in [2.24, 2.45) is 35.5 Å². The van der Waals surface area contributed by atoms with Crippen LogP contribution in [0, 0.1) is 35.5 Å². The van der Waals surface area contributed by atoms with Crippen LogP contribution in [-0.2, 0) is 19.2 Å². The number of rotatable bonds is 6. The van der Waals surface area contributed by atoms with E-state index in [9.17, 15) is 39.6 Å². The molecule has 1 fully saturated rings. The molecule has 8 nitrogen and oxygen atoms in total. The average Bonchev–Trinajstić information content (AvgIpc) is 2.77. The van der Waals surface area contributed by atoms with E-state index in [2.05, 4.69) is 0 Å². The van der Waals surface area contributed by atoms with Crippen molar-refractivity contribution in [1.82, 2.24) is 0 Å². The molecule has 2 aromatic rings. The monoisotopic (exact) mass is 436 g/mol. The Morgan fingerprint density at radius 1 is 0.469 bits per heavy atom. The number of carbonyl (C=O) groups is 4. The lowest BCUT2D eigenvalue weighted by Gasteiger charge is -2.53. The van der Waals surface area contributed by atoms with Gasteiger partial charge in [-0.15, -0.1) is 0 Å². The number of fused-ring (bicyclic) bond motifs is 2. The van der Waals surface area contributed by atoms with Crippen LogP contribution in [0.25, 0.3) is 11.1 Å². The Labute approximate surface area is 182 Å². The molecule has 8 heteroatoms. The maximum atomic E-state index is 12.3. The Morgan fingerprint density at radius 3 is 0.938 bits per heavy atom. The van der Waals surface area contributed by atoms with Crippen molar-refractivity contribution in [3.8, 4) is 0 Å². The Balaban J connectivity index is 2.15. The van der Waals surface area contributed by atoms with Gasteiger partial charge in [-0.1, -0.05) is 60.7 Å². The number of hydrogen-bond acceptors (Lipinski definition) is 4. The molecule has 0 heterocycles. The zero-order chi connectivity index (χ0) is 23.2. The molecule has 0 amide bonds. The molecule has 0 aliphatic heterocycles. The first-order valence-electron chi connectivity index (χ1n) is 10.0. The van der Waals surface area contributed by atoms with Crippen molar-refractivity contribution < 1.29 is 39.6 Å². The van der Waals surface area contributed by atoms with Crippen molar-refractivity contribution in [3.05, 3.63) is 71.8 Å². The summed E-state index contributed by atoms with van der Waals surface area (Å²) in [4.78, 5) is 49.2. The van der Waals surface area contributed by atoms with Crippen LogP contribution in [0.15, 0.2) is 60.7 Å². The van der Waals surface area contributed by atoms with Crippen LogP contribution < -0.4 is 0 Å². The Hall–Kier alpha value is -3.94. The standard InChI is InChI=1S/C24H20O8/c25-21(26)17-15-13(11-7-3-1-4-8-11)14(12-9-5-2-6-10-12)16(19(17)23(29)30)20(24(31)32)18(15)22(27)28/h1-10,15-20H,(H,25,26)(H,27,28)(H,29,30)(H,31,32). The van der Waals surface area contributed by atoms with Crippen LogP contribution in [0.5, 0.6) is 0 Å². The van der Waals surface area contributed by atoms with Gasteiger partial charge < -0.3 is 20.4 Å². The second-order valence-electron chi connectivity index (χ2n) is 8.07. The lowest BCUT2D eigenvalue weighted by atomic mass is 9.47. The summed E-state index contributed by atoms with van der Waals surface area (Å²) in [6, 6.07) is 17.1. The summed E-state index contributed by atoms with van der Waals surface area (Å²) >= 11 is 0. The van der Waals surface area contributed by atoms with Gasteiger partial charge in [0.15, 0.2) is 0 Å². The van der Waals surface area contributed by atoms with Crippen LogP contribution in [0.1, 0.15) is 11.1 Å². The van der Waals surface area contributed by atoms with E-state index in [0.29, 0.717) is 22.3 Å². The molecule has 5 rings (SSSR count). The maximum absolute atomic E-state index is 12.3. The van der Waals surface area contributed by atoms with Gasteiger partial charge in [-0.2, -0.15) is 0 Å². The fourth-order valence-electron chi connectivity index (χ4n) is 5.58. The number of benzene rings is 2. The number of carboxylic acids is 4. The molecule has 0 spiro atoms. The zero-order valence-corrected chi connectivity index (χ0v) is 16.7. The summed E-state index contributed by atoms with van der Waals surface area (Å²) < 4.78 is 0. The van der Waals surface area contributed by atoms with Crippen molar-refractivity contribution in [2.45, 2.75) is 0 Å². The fraction of sp³-hybridized carbons (Fsp3) is 0.250. The normalized spacial score (nSPS) is 28.9. The van der Waals surface area contributed by atoms with Crippen LogP contribution >= 0.6 is 0 Å². The van der Waals surface area contributed by atoms with Crippen molar-refractivity contribution >= 4 is 35.0 Å². The number of allylic oxidation sites excluding steroid dienone is 2. The van der Waals surface area contributed by atoms with Gasteiger partial charge in [-0.3, -0.25) is 19.2 Å². The minimum atomic E-state index is -1.59. The molecule has 4 atom stereocenters. The highest BCUT2D eigenvalue weighted by Crippen LogP contribution is 2.62. The van der Waals surface area contributed by atoms with E-state index in [0.717, 1.165) is 0 Å². The third-order valence-corrected chi connectivity index (χ3v) is 6.59. The number of hydrogen-bond donors (Lipinski definition) is 4. The zero-order valence-electron chi connectivity index (χ0n) is 16.7. The van der Waals surface area contributed by atoms with Gasteiger partial charge in [0, 0.05) is 11.8 Å². The number of aliphatic carboxylic acids is 4. The first-order valence-corrected chi connectivity index (χ1v) is 10.0. The molecule has 2 bridgehead atoms. The summed E-state index contributed by atoms with van der Waals surface area (Å²) in [5.74, 6) is -14.8. The third kappa shape index (κ3) is 3.15. The van der Waals surface area contributed by atoms with E-state index in [1.807, 2.05) is 0 Å². The first-order chi connectivity index (χ1) is 15.3. The second-order valence-corrected chi connectivity index (χ2v) is 8.07. The second kappa shape index (κ2) is 7.96. The summed E-state index contributed by atoms with van der Waals surface area (Å²) in [7, 11) is 0. The molecule has 1 saturated carbocycles. The van der Waals surface area contributed by atoms with E-state index in [1.54, 1.807) is 60.7 Å². The molecule has 0 saturated heterocycles. The summed E-state index contributed by atoms with van der Waals surface area (Å²) in [5.41, 5.74) is 1.87. The highest BCUT2D eigenvalue weighted by atomic mass is 16.4. The molecule has 3 aliphatic carbocycles. The van der Waals surface area contributed by atoms with E-state index < -0.39 is 59.4 Å². The molecular weight excluding hydrogens is 416 g/mol. The minimum Gasteiger partial charge on any atom is -0.481 e. The summed E-state index contributed by atoms with van der Waals surface area (Å²) in [6.07, 6.45) is 0. The fourth-order valence-corrected chi connectivity index (χ4v) is 5.58. The molecule has 32 heavy (non-hydrogen) atoms. The Kier molecular flexibility index (Phi) is 5.30. The van der Waals surface area contributed by atoms with Gasteiger partial charge in [-0.25, -0.2) is 0 Å². The molecule has 164 valence electrons. The lowest BCUT2D eigenvalue weighted by Crippen LogP contribution is -2.59. The van der Waals surface area contributed by atoms with Crippen LogP contribution in [0.3, 0.4) is 0 Å². The van der Waals surface area contributed by atoms with Gasteiger partial charge in [0.25, 0.3) is 0 Å². The van der Waals surface area contributed by atoms with Gasteiger partial charge in [0.05, 0.1) is 23.7 Å². The highest BCUT2D eigenvalue weighted by molar-refractivity contribution is 6.04. The molecule has 4 unspecified atom stereocenters. The maximum Gasteiger partial charge on any atom is 0.308 e. The van der Waals surface area contributed by atoms with E-state index in [-0.39, 0.29) is 0 Å². The Bertz CT molecular complexity index is 992. The highest BCUT2D eigenvalue weighted by Gasteiger charge is 2.66. The lowest BCUT2D eigenvalue weighted by molar-refractivity contribution is -0.176. The number of carboxylic acid groups (broad SMARTS) is 4. The van der Waals surface area contributed by atoms with Gasteiger partial charge >= 0.3 is 23.9 Å². The SMILES string of the molecule is O=C(O)C1C(C(=O)O)C2C(c3ccccc3)=C(c3ccccc3)C1C(C(=O)O)C2C(=O)O. The molecule has 2 aromatic carbocycles. The van der Waals surface area contributed by atoms with E-state index in [1.165, 1.54) is 0 Å². The third-order valence-electron chi connectivity index (χ3n) is 6.59. The van der Waals surface area contributed by atoms with Gasteiger partial charge in [-0.05, 0) is 22.3 Å². The van der Waals surface area contributed by atoms with Gasteiger partial charge in [0.1, 0.15) is 0 Å². The van der Waals surface area contributed by atoms with Crippen molar-refractivity contribution in [1.29, 1.82) is 0 Å². The largest absolute Gasteiger partial charge is 0.481 e. The Morgan fingerprint density at radius 2 is 0.719 bits per heavy atom. The topological polar surface area (TPSA) is 149 Å².